The molecule has 0 unspecified atom stereocenters. The van der Waals surface area contributed by atoms with E-state index in [1.165, 1.54) is 11.9 Å². The van der Waals surface area contributed by atoms with Crippen molar-refractivity contribution in [2.24, 2.45) is 0 Å². The summed E-state index contributed by atoms with van der Waals surface area (Å²) >= 11 is 3.11. The Bertz CT molecular complexity index is 279. The van der Waals surface area contributed by atoms with Crippen LogP contribution in [0.5, 0.6) is 0 Å². The first-order valence-corrected chi connectivity index (χ1v) is 6.52. The van der Waals surface area contributed by atoms with E-state index in [0.29, 0.717) is 0 Å². The van der Waals surface area contributed by atoms with Crippen LogP contribution in [-0.2, 0) is 5.75 Å². The largest absolute Gasteiger partial charge is 0.448 e. The Morgan fingerprint density at radius 1 is 1.60 bits per heavy atom. The Morgan fingerprint density at radius 3 is 3.13 bits per heavy atom. The van der Waals surface area contributed by atoms with Gasteiger partial charge in [-0.25, -0.2) is 9.78 Å². The average Bonchev–Trinajstić information content (AvgIpc) is 2.75. The zero-order valence-corrected chi connectivity index (χ0v) is 9.99. The van der Waals surface area contributed by atoms with E-state index in [1.807, 2.05) is 0 Å². The molecule has 0 saturated heterocycles. The van der Waals surface area contributed by atoms with Crippen molar-refractivity contribution in [1.29, 1.82) is 0 Å². The number of carbonyl (C=O) groups excluding carboxylic acids is 1. The SMILES string of the molecule is CNC(=O)NSCCSCc1ncco1. The van der Waals surface area contributed by atoms with Gasteiger partial charge in [-0.1, -0.05) is 0 Å². The molecule has 0 aliphatic rings. The molecule has 0 saturated carbocycles. The Morgan fingerprint density at radius 2 is 2.47 bits per heavy atom. The number of hydrogen-bond acceptors (Lipinski definition) is 5. The van der Waals surface area contributed by atoms with Crippen LogP contribution in [0.25, 0.3) is 0 Å². The molecule has 0 atom stereocenters. The molecule has 1 aromatic heterocycles. The minimum absolute atomic E-state index is 0.169. The van der Waals surface area contributed by atoms with E-state index in [0.717, 1.165) is 23.1 Å². The summed E-state index contributed by atoms with van der Waals surface area (Å²) < 4.78 is 7.72. The third-order valence-corrected chi connectivity index (χ3v) is 3.37. The number of urea groups is 1. The van der Waals surface area contributed by atoms with Gasteiger partial charge < -0.3 is 9.73 Å². The molecule has 5 nitrogen and oxygen atoms in total. The number of nitrogens with zero attached hydrogens (tertiary/aromatic N) is 1. The highest BCUT2D eigenvalue weighted by molar-refractivity contribution is 8.01. The highest BCUT2D eigenvalue weighted by Crippen LogP contribution is 2.11. The maximum absolute atomic E-state index is 10.8. The number of thioether (sulfide) groups is 1. The number of hydrogen-bond donors (Lipinski definition) is 2. The predicted molar refractivity (Wildman–Crippen MR) is 62.7 cm³/mol. The van der Waals surface area contributed by atoms with E-state index in [4.69, 9.17) is 4.42 Å². The van der Waals surface area contributed by atoms with Crippen molar-refractivity contribution in [3.05, 3.63) is 18.4 Å². The summed E-state index contributed by atoms with van der Waals surface area (Å²) in [6.45, 7) is 0. The lowest BCUT2D eigenvalue weighted by atomic mass is 10.8. The molecule has 2 N–H and O–H groups in total. The minimum atomic E-state index is -0.169. The van der Waals surface area contributed by atoms with Gasteiger partial charge in [0.25, 0.3) is 0 Å². The van der Waals surface area contributed by atoms with Gasteiger partial charge in [0.05, 0.1) is 11.9 Å². The van der Waals surface area contributed by atoms with Gasteiger partial charge in [-0.3, -0.25) is 4.72 Å². The van der Waals surface area contributed by atoms with Crippen molar-refractivity contribution < 1.29 is 9.21 Å². The Balaban J connectivity index is 1.91. The van der Waals surface area contributed by atoms with Crippen LogP contribution < -0.4 is 10.0 Å². The van der Waals surface area contributed by atoms with Crippen molar-refractivity contribution in [2.45, 2.75) is 5.75 Å². The fourth-order valence-electron chi connectivity index (χ4n) is 0.752. The number of rotatable bonds is 6. The molecule has 15 heavy (non-hydrogen) atoms. The molecule has 1 aromatic rings. The topological polar surface area (TPSA) is 67.2 Å². The van der Waals surface area contributed by atoms with Crippen molar-refractivity contribution in [3.63, 3.8) is 0 Å². The molecule has 0 spiro atoms. The first kappa shape index (κ1) is 12.3. The monoisotopic (exact) mass is 247 g/mol. The zero-order chi connectivity index (χ0) is 10.9. The van der Waals surface area contributed by atoms with Gasteiger partial charge >= 0.3 is 6.03 Å². The van der Waals surface area contributed by atoms with Crippen LogP contribution in [0.2, 0.25) is 0 Å². The van der Waals surface area contributed by atoms with Crippen LogP contribution in [-0.4, -0.2) is 29.6 Å². The van der Waals surface area contributed by atoms with E-state index in [2.05, 4.69) is 15.0 Å². The normalized spacial score (nSPS) is 9.93. The number of nitrogens with one attached hydrogen (secondary N) is 2. The second kappa shape index (κ2) is 7.47. The highest BCUT2D eigenvalue weighted by atomic mass is 32.2. The summed E-state index contributed by atoms with van der Waals surface area (Å²) in [5, 5.41) is 2.48. The lowest BCUT2D eigenvalue weighted by molar-refractivity contribution is 0.248. The number of carbonyl (C=O) groups is 1. The molecule has 1 heterocycles. The molecular formula is C8H13N3O2S2. The lowest BCUT2D eigenvalue weighted by Gasteiger charge is -2.02. The van der Waals surface area contributed by atoms with E-state index < -0.39 is 0 Å². The molecule has 0 radical (unpaired) electrons. The van der Waals surface area contributed by atoms with Crippen LogP contribution in [0.4, 0.5) is 4.79 Å². The van der Waals surface area contributed by atoms with Gasteiger partial charge in [0, 0.05) is 18.6 Å². The first-order chi connectivity index (χ1) is 7.33. The van der Waals surface area contributed by atoms with E-state index >= 15 is 0 Å². The number of oxazole rings is 1. The third kappa shape index (κ3) is 5.58. The van der Waals surface area contributed by atoms with Crippen LogP contribution in [0, 0.1) is 0 Å². The van der Waals surface area contributed by atoms with Crippen LogP contribution in [0.3, 0.4) is 0 Å². The van der Waals surface area contributed by atoms with Gasteiger partial charge in [-0.05, 0) is 11.9 Å². The van der Waals surface area contributed by atoms with Gasteiger partial charge in [0.15, 0.2) is 0 Å². The molecule has 1 rings (SSSR count). The van der Waals surface area contributed by atoms with Crippen molar-refractivity contribution in [1.82, 2.24) is 15.0 Å². The average molecular weight is 247 g/mol. The van der Waals surface area contributed by atoms with E-state index in [9.17, 15) is 4.79 Å². The van der Waals surface area contributed by atoms with Gasteiger partial charge in [-0.2, -0.15) is 11.8 Å². The molecule has 84 valence electrons. The van der Waals surface area contributed by atoms with Gasteiger partial charge in [-0.15, -0.1) is 0 Å². The summed E-state index contributed by atoms with van der Waals surface area (Å²) in [5.41, 5.74) is 0. The second-order valence-corrected chi connectivity index (χ2v) is 4.51. The van der Waals surface area contributed by atoms with Crippen LogP contribution in [0.1, 0.15) is 5.89 Å². The van der Waals surface area contributed by atoms with Gasteiger partial charge in [0.2, 0.25) is 5.89 Å². The Kier molecular flexibility index (Phi) is 6.10. The smallest absolute Gasteiger partial charge is 0.324 e. The summed E-state index contributed by atoms with van der Waals surface area (Å²) in [7, 11) is 1.59. The van der Waals surface area contributed by atoms with Crippen molar-refractivity contribution in [2.75, 3.05) is 18.6 Å². The quantitative estimate of drug-likeness (QED) is 0.589. The molecule has 0 aliphatic heterocycles. The van der Waals surface area contributed by atoms with Crippen molar-refractivity contribution >= 4 is 29.7 Å². The minimum Gasteiger partial charge on any atom is -0.448 e. The highest BCUT2D eigenvalue weighted by Gasteiger charge is 1.98. The molecule has 0 aromatic carbocycles. The Labute approximate surface area is 96.9 Å². The molecular weight excluding hydrogens is 234 g/mol. The lowest BCUT2D eigenvalue weighted by Crippen LogP contribution is -2.27. The number of amides is 2. The summed E-state index contributed by atoms with van der Waals surface area (Å²) in [6, 6.07) is -0.169. The predicted octanol–water partition coefficient (Wildman–Crippen LogP) is 1.49. The summed E-state index contributed by atoms with van der Waals surface area (Å²) in [5.74, 6) is 3.31. The second-order valence-electron chi connectivity index (χ2n) is 2.51. The summed E-state index contributed by atoms with van der Waals surface area (Å²) in [6.07, 6.45) is 3.20. The molecule has 0 fully saturated rings. The van der Waals surface area contributed by atoms with E-state index in [-0.39, 0.29) is 6.03 Å². The molecule has 7 heteroatoms. The van der Waals surface area contributed by atoms with E-state index in [1.54, 1.807) is 31.3 Å². The van der Waals surface area contributed by atoms with Crippen molar-refractivity contribution in [3.8, 4) is 0 Å². The molecule has 0 bridgehead atoms. The maximum Gasteiger partial charge on any atom is 0.324 e. The van der Waals surface area contributed by atoms with Crippen LogP contribution in [0.15, 0.2) is 16.9 Å². The first-order valence-electron chi connectivity index (χ1n) is 4.38. The van der Waals surface area contributed by atoms with Crippen LogP contribution >= 0.6 is 23.7 Å². The number of aromatic nitrogens is 1. The molecule has 2 amide bonds. The third-order valence-electron chi connectivity index (χ3n) is 1.43. The zero-order valence-electron chi connectivity index (χ0n) is 8.36. The van der Waals surface area contributed by atoms with Gasteiger partial charge in [0.1, 0.15) is 6.26 Å². The fraction of sp³-hybridized carbons (Fsp3) is 0.500. The molecule has 0 aliphatic carbocycles. The maximum atomic E-state index is 10.8. The summed E-state index contributed by atoms with van der Waals surface area (Å²) in [4.78, 5) is 14.8. The Hall–Kier alpha value is -0.820. The standard InChI is InChI=1S/C8H13N3O2S2/c1-9-8(12)11-15-5-4-14-6-7-10-2-3-13-7/h2-3H,4-6H2,1H3,(H2,9,11,12). The fourth-order valence-corrected chi connectivity index (χ4v) is 2.35.